The monoisotopic (exact) mass is 707 g/mol. The summed E-state index contributed by atoms with van der Waals surface area (Å²) in [5.74, 6) is -2.80. The average Bonchev–Trinajstić information content (AvgIpc) is 3.28. The van der Waals surface area contributed by atoms with E-state index in [4.69, 9.17) is 4.74 Å². The summed E-state index contributed by atoms with van der Waals surface area (Å²) >= 11 is 0. The Balaban J connectivity index is 1.17. The fourth-order valence-electron chi connectivity index (χ4n) is 7.12. The zero-order valence-electron chi connectivity index (χ0n) is 28.4. The lowest BCUT2D eigenvalue weighted by atomic mass is 9.85. The summed E-state index contributed by atoms with van der Waals surface area (Å²) in [5, 5.41) is 15.3. The second-order valence-corrected chi connectivity index (χ2v) is 19.8. The number of carboxylic acid groups (broad SMARTS) is 1. The lowest BCUT2D eigenvalue weighted by Crippen LogP contribution is -2.46. The highest BCUT2D eigenvalue weighted by Crippen LogP contribution is 2.43. The number of carbonyl (C=O) groups is 2. The average molecular weight is 708 g/mol. The first-order valence-corrected chi connectivity index (χ1v) is 20.7. The van der Waals surface area contributed by atoms with E-state index in [2.05, 4.69) is 40.2 Å². The van der Waals surface area contributed by atoms with Gasteiger partial charge in [-0.1, -0.05) is 37.8 Å². The number of ether oxygens (including phenoxy) is 1. The Morgan fingerprint density at radius 3 is 2.42 bits per heavy atom. The van der Waals surface area contributed by atoms with Gasteiger partial charge in [0.05, 0.1) is 23.3 Å². The van der Waals surface area contributed by atoms with Gasteiger partial charge in [0.1, 0.15) is 6.73 Å². The van der Waals surface area contributed by atoms with Gasteiger partial charge in [0.2, 0.25) is 0 Å². The first kappa shape index (κ1) is 35.2. The van der Waals surface area contributed by atoms with Crippen LogP contribution in [0.3, 0.4) is 0 Å². The van der Waals surface area contributed by atoms with Gasteiger partial charge in [-0.2, -0.15) is 0 Å². The molecule has 4 heterocycles. The third-order valence-corrected chi connectivity index (χ3v) is 11.4. The lowest BCUT2D eigenvalue weighted by Gasteiger charge is -2.33. The molecule has 3 amide bonds. The second kappa shape index (κ2) is 14.7. The summed E-state index contributed by atoms with van der Waals surface area (Å²) in [7, 11) is -1.29. The van der Waals surface area contributed by atoms with Crippen LogP contribution in [0.25, 0.3) is 11.2 Å². The van der Waals surface area contributed by atoms with E-state index in [-0.39, 0.29) is 36.5 Å². The Morgan fingerprint density at radius 1 is 0.960 bits per heavy atom. The van der Waals surface area contributed by atoms with E-state index in [9.17, 15) is 23.9 Å². The summed E-state index contributed by atoms with van der Waals surface area (Å²) in [6.45, 7) is 8.31. The number of likely N-dealkylation sites (tertiary alicyclic amines) is 1. The molecule has 0 saturated carbocycles. The fourth-order valence-corrected chi connectivity index (χ4v) is 7.88. The van der Waals surface area contributed by atoms with Gasteiger partial charge in [-0.3, -0.25) is 14.1 Å². The van der Waals surface area contributed by atoms with Crippen LogP contribution in [0.2, 0.25) is 25.7 Å². The molecule has 3 atom stereocenters. The van der Waals surface area contributed by atoms with Gasteiger partial charge in [-0.15, -0.1) is 0 Å². The van der Waals surface area contributed by atoms with Gasteiger partial charge in [0.15, 0.2) is 17.3 Å². The van der Waals surface area contributed by atoms with E-state index in [1.165, 1.54) is 12.1 Å². The van der Waals surface area contributed by atoms with Gasteiger partial charge in [0.25, 0.3) is 0 Å². The Bertz CT molecular complexity index is 1920. The van der Waals surface area contributed by atoms with Crippen molar-refractivity contribution in [2.45, 2.75) is 82.1 Å². The van der Waals surface area contributed by atoms with Crippen molar-refractivity contribution in [3.05, 3.63) is 93.8 Å². The highest BCUT2D eigenvalue weighted by atomic mass is 28.3. The maximum absolute atomic E-state index is 15.1. The van der Waals surface area contributed by atoms with E-state index >= 15 is 4.39 Å². The number of carbonyl (C=O) groups excluding carboxylic acids is 1. The molecule has 0 spiro atoms. The summed E-state index contributed by atoms with van der Waals surface area (Å²) in [6.07, 6.45) is 3.56. The minimum atomic E-state index is -1.32. The number of halogens is 2. The zero-order valence-corrected chi connectivity index (χ0v) is 29.4. The van der Waals surface area contributed by atoms with Crippen LogP contribution in [0.4, 0.5) is 18.4 Å². The number of rotatable bonds is 9. The maximum atomic E-state index is 15.1. The van der Waals surface area contributed by atoms with Crippen LogP contribution in [0.15, 0.2) is 59.7 Å². The van der Waals surface area contributed by atoms with E-state index in [0.29, 0.717) is 55.9 Å². The molecule has 1 aromatic carbocycles. The minimum Gasteiger partial charge on any atom is -0.465 e. The van der Waals surface area contributed by atoms with Crippen LogP contribution < -0.4 is 16.3 Å². The number of amides is 3. The van der Waals surface area contributed by atoms with Crippen molar-refractivity contribution in [2.24, 2.45) is 0 Å². The Kier molecular flexibility index (Phi) is 10.3. The van der Waals surface area contributed by atoms with Gasteiger partial charge in [0, 0.05) is 52.1 Å². The summed E-state index contributed by atoms with van der Waals surface area (Å²) in [6, 6.07) is 9.90. The quantitative estimate of drug-likeness (QED) is 0.107. The molecule has 3 aromatic heterocycles. The molecule has 1 aliphatic carbocycles. The number of hydrogen-bond acceptors (Lipinski definition) is 6. The third-order valence-electron chi connectivity index (χ3n) is 9.71. The molecule has 0 bridgehead atoms. The molecule has 15 heteroatoms. The maximum Gasteiger partial charge on any atom is 0.405 e. The van der Waals surface area contributed by atoms with Crippen molar-refractivity contribution in [3.8, 4) is 0 Å². The summed E-state index contributed by atoms with van der Waals surface area (Å²) < 4.78 is 38.6. The molecule has 0 unspecified atom stereocenters. The van der Waals surface area contributed by atoms with E-state index in [1.54, 1.807) is 44.6 Å². The topological polar surface area (TPSA) is 144 Å². The smallest absolute Gasteiger partial charge is 0.405 e. The molecule has 266 valence electrons. The highest BCUT2D eigenvalue weighted by molar-refractivity contribution is 6.76. The lowest BCUT2D eigenvalue weighted by molar-refractivity contribution is 0.0861. The molecule has 4 aromatic rings. The molecule has 1 fully saturated rings. The van der Waals surface area contributed by atoms with Gasteiger partial charge >= 0.3 is 17.8 Å². The van der Waals surface area contributed by atoms with Crippen molar-refractivity contribution in [1.29, 1.82) is 0 Å². The molecule has 6 rings (SSSR count). The molecule has 50 heavy (non-hydrogen) atoms. The van der Waals surface area contributed by atoms with Crippen LogP contribution in [0.1, 0.15) is 66.5 Å². The second-order valence-electron chi connectivity index (χ2n) is 14.2. The van der Waals surface area contributed by atoms with E-state index < -0.39 is 43.8 Å². The van der Waals surface area contributed by atoms with Crippen LogP contribution in [0, 0.1) is 11.6 Å². The predicted molar refractivity (Wildman–Crippen MR) is 186 cm³/mol. The Morgan fingerprint density at radius 2 is 1.68 bits per heavy atom. The van der Waals surface area contributed by atoms with Gasteiger partial charge in [-0.05, 0) is 67.1 Å². The molecule has 1 saturated heterocycles. The molecule has 12 nitrogen and oxygen atoms in total. The largest absolute Gasteiger partial charge is 0.465 e. The molecule has 0 radical (unpaired) electrons. The summed E-state index contributed by atoms with van der Waals surface area (Å²) in [5.41, 5.74) is 2.11. The molecule has 1 aliphatic heterocycles. The summed E-state index contributed by atoms with van der Waals surface area (Å²) in [4.78, 5) is 50.0. The number of urea groups is 1. The number of nitrogens with one attached hydrogen (secondary N) is 2. The molecule has 2 aliphatic rings. The Labute approximate surface area is 289 Å². The van der Waals surface area contributed by atoms with Crippen molar-refractivity contribution in [2.75, 3.05) is 19.7 Å². The number of imidazole rings is 1. The van der Waals surface area contributed by atoms with E-state index in [1.807, 2.05) is 6.07 Å². The van der Waals surface area contributed by atoms with Gasteiger partial charge < -0.3 is 25.4 Å². The number of pyridine rings is 2. The van der Waals surface area contributed by atoms with Crippen LogP contribution in [-0.4, -0.2) is 69.0 Å². The van der Waals surface area contributed by atoms with Crippen molar-refractivity contribution in [3.63, 3.8) is 0 Å². The standard InChI is InChI=1S/C35H43F2N7O5Si/c1-50(2,3)20-19-49-21-43-32-28(10-6-16-39-32)44(35(43)48)22-13-17-42(18-14-22)33(45)40-27-12-11-24(23-7-4-9-26(36)29(23)37)30(41-34(46)47)25-8-5-15-38-31(25)27/h4-10,15-16,22,24,27,30,41H,11-14,17-21H2,1-3H3,(H,40,45)(H,46,47)/t24-,27+,30-/m0/s1. The highest BCUT2D eigenvalue weighted by Gasteiger charge is 2.38. The zero-order chi connectivity index (χ0) is 35.6. The van der Waals surface area contributed by atoms with Crippen LogP contribution in [-0.2, 0) is 11.5 Å². The van der Waals surface area contributed by atoms with Crippen molar-refractivity contribution < 1.29 is 28.2 Å². The number of nitrogens with zero attached hydrogens (tertiary/aromatic N) is 5. The fraction of sp³-hybridized carbons (Fsp3) is 0.457. The van der Waals surface area contributed by atoms with Gasteiger partial charge in [-0.25, -0.2) is 28.1 Å². The Hall–Kier alpha value is -4.63. The number of hydrogen-bond donors (Lipinski definition) is 3. The predicted octanol–water partition coefficient (Wildman–Crippen LogP) is 6.16. The van der Waals surface area contributed by atoms with E-state index in [0.717, 1.165) is 17.6 Å². The number of benzene rings is 1. The van der Waals surface area contributed by atoms with Crippen LogP contribution in [0.5, 0.6) is 0 Å². The molecular formula is C35H43F2N7O5Si. The third kappa shape index (κ3) is 7.43. The minimum absolute atomic E-state index is 0.0533. The number of piperidine rings is 1. The van der Waals surface area contributed by atoms with Crippen molar-refractivity contribution >= 4 is 31.4 Å². The number of aromatic nitrogens is 4. The van der Waals surface area contributed by atoms with Crippen LogP contribution >= 0.6 is 0 Å². The SMILES string of the molecule is C[Si](C)(C)CCOCn1c(=O)n(C2CCN(C(=O)N[C@@H]3CC[C@@H](c4cccc(F)c4F)[C@H](NC(=O)O)c4cccnc43)CC2)c2cccnc21. The number of fused-ring (bicyclic) bond motifs is 2. The first-order chi connectivity index (χ1) is 23.9. The normalized spacial score (nSPS) is 19.9. The van der Waals surface area contributed by atoms with Crippen molar-refractivity contribution in [1.82, 2.24) is 34.6 Å². The molecule has 3 N–H and O–H groups in total. The first-order valence-electron chi connectivity index (χ1n) is 17.0. The molecular weight excluding hydrogens is 665 g/mol.